The van der Waals surface area contributed by atoms with Gasteiger partial charge in [-0.15, -0.1) is 0 Å². The Hall–Kier alpha value is -1.61. The van der Waals surface area contributed by atoms with Gasteiger partial charge in [0.1, 0.15) is 0 Å². The number of hydrogen-bond acceptors (Lipinski definition) is 2. The van der Waals surface area contributed by atoms with Crippen LogP contribution >= 0.6 is 0 Å². The molecule has 3 rings (SSSR count). The zero-order valence-electron chi connectivity index (χ0n) is 12.9. The molecule has 0 aliphatic heterocycles. The van der Waals surface area contributed by atoms with Crippen LogP contribution in [-0.2, 0) is 6.54 Å². The zero-order chi connectivity index (χ0) is 14.5. The first-order valence-electron chi connectivity index (χ1n) is 8.22. The van der Waals surface area contributed by atoms with Crippen LogP contribution in [0.1, 0.15) is 50.6 Å². The van der Waals surface area contributed by atoms with Crippen LogP contribution in [0.2, 0.25) is 0 Å². The number of rotatable bonds is 5. The summed E-state index contributed by atoms with van der Waals surface area (Å²) in [5, 5.41) is 8.18. The van der Waals surface area contributed by atoms with Crippen LogP contribution < -0.4 is 5.32 Å². The third kappa shape index (κ3) is 3.18. The lowest BCUT2D eigenvalue weighted by atomic mass is 9.95. The summed E-state index contributed by atoms with van der Waals surface area (Å²) in [5.41, 5.74) is 3.91. The zero-order valence-corrected chi connectivity index (χ0v) is 12.9. The summed E-state index contributed by atoms with van der Waals surface area (Å²) >= 11 is 0. The number of aromatic nitrogens is 2. The highest BCUT2D eigenvalue weighted by molar-refractivity contribution is 5.63. The van der Waals surface area contributed by atoms with E-state index < -0.39 is 0 Å². The minimum Gasteiger partial charge on any atom is -0.313 e. The number of nitrogens with zero attached hydrogens (tertiary/aromatic N) is 2. The van der Waals surface area contributed by atoms with Gasteiger partial charge in [-0.25, -0.2) is 0 Å². The van der Waals surface area contributed by atoms with Gasteiger partial charge < -0.3 is 5.32 Å². The highest BCUT2D eigenvalue weighted by Gasteiger charge is 2.21. The quantitative estimate of drug-likeness (QED) is 0.892. The van der Waals surface area contributed by atoms with Gasteiger partial charge in [-0.1, -0.05) is 56.5 Å². The smallest absolute Gasteiger partial charge is 0.0730 e. The lowest BCUT2D eigenvalue weighted by molar-refractivity contribution is 0.332. The molecule has 1 aliphatic carbocycles. The number of benzene rings is 1. The van der Waals surface area contributed by atoms with Crippen LogP contribution in [0.4, 0.5) is 0 Å². The van der Waals surface area contributed by atoms with Crippen molar-refractivity contribution in [1.29, 1.82) is 0 Å². The Bertz CT molecular complexity index is 553. The Labute approximate surface area is 127 Å². The van der Waals surface area contributed by atoms with E-state index in [1.165, 1.54) is 48.9 Å². The van der Waals surface area contributed by atoms with E-state index in [2.05, 4.69) is 53.5 Å². The minimum atomic E-state index is 0.573. The lowest BCUT2D eigenvalue weighted by Gasteiger charge is -2.24. The van der Waals surface area contributed by atoms with Crippen LogP contribution in [0, 0.1) is 0 Å². The van der Waals surface area contributed by atoms with E-state index in [1.54, 1.807) is 0 Å². The number of hydrogen-bond donors (Lipinski definition) is 1. The van der Waals surface area contributed by atoms with Gasteiger partial charge in [-0.2, -0.15) is 5.10 Å². The van der Waals surface area contributed by atoms with Gasteiger partial charge in [-0.3, -0.25) is 4.68 Å². The maximum Gasteiger partial charge on any atom is 0.0730 e. The monoisotopic (exact) mass is 283 g/mol. The van der Waals surface area contributed by atoms with Gasteiger partial charge in [0.15, 0.2) is 0 Å². The predicted molar refractivity (Wildman–Crippen MR) is 87.2 cm³/mol. The fourth-order valence-corrected chi connectivity index (χ4v) is 3.30. The lowest BCUT2D eigenvalue weighted by Crippen LogP contribution is -2.16. The van der Waals surface area contributed by atoms with E-state index in [0.717, 1.165) is 13.1 Å². The first-order chi connectivity index (χ1) is 10.4. The van der Waals surface area contributed by atoms with Crippen molar-refractivity contribution in [2.75, 3.05) is 6.54 Å². The molecule has 0 bridgehead atoms. The third-order valence-electron chi connectivity index (χ3n) is 4.40. The molecule has 0 spiro atoms. The molecular formula is C18H25N3. The highest BCUT2D eigenvalue weighted by atomic mass is 15.3. The molecule has 1 N–H and O–H groups in total. The maximum absolute atomic E-state index is 4.75. The second-order valence-corrected chi connectivity index (χ2v) is 5.90. The highest BCUT2D eigenvalue weighted by Crippen LogP contribution is 2.33. The average molecular weight is 283 g/mol. The fourth-order valence-electron chi connectivity index (χ4n) is 3.30. The Kier molecular flexibility index (Phi) is 4.71. The van der Waals surface area contributed by atoms with Gasteiger partial charge in [0, 0.05) is 17.7 Å². The third-order valence-corrected chi connectivity index (χ3v) is 4.40. The largest absolute Gasteiger partial charge is 0.313 e. The predicted octanol–water partition coefficient (Wildman–Crippen LogP) is 4.16. The van der Waals surface area contributed by atoms with Gasteiger partial charge in [-0.05, 0) is 19.4 Å². The molecule has 0 atom stereocenters. The van der Waals surface area contributed by atoms with Gasteiger partial charge >= 0.3 is 0 Å². The van der Waals surface area contributed by atoms with Crippen molar-refractivity contribution < 1.29 is 0 Å². The van der Waals surface area contributed by atoms with Gasteiger partial charge in [0.05, 0.1) is 17.9 Å². The molecule has 0 radical (unpaired) electrons. The van der Waals surface area contributed by atoms with Crippen molar-refractivity contribution in [1.82, 2.24) is 15.1 Å². The van der Waals surface area contributed by atoms with Crippen LogP contribution in [-0.4, -0.2) is 16.3 Å². The topological polar surface area (TPSA) is 29.9 Å². The molecule has 3 heteroatoms. The molecular weight excluding hydrogens is 258 g/mol. The summed E-state index contributed by atoms with van der Waals surface area (Å²) in [4.78, 5) is 0. The summed E-state index contributed by atoms with van der Waals surface area (Å²) in [6.45, 7) is 4.03. The second kappa shape index (κ2) is 6.90. The van der Waals surface area contributed by atoms with E-state index in [4.69, 9.17) is 5.10 Å². The molecule has 1 fully saturated rings. The summed E-state index contributed by atoms with van der Waals surface area (Å²) in [6.07, 6.45) is 8.63. The molecule has 1 heterocycles. The van der Waals surface area contributed by atoms with E-state index in [-0.39, 0.29) is 0 Å². The molecule has 1 saturated carbocycles. The SMILES string of the molecule is CCNCc1cnn(C2CCCCC2)c1-c1ccccc1. The Balaban J connectivity index is 1.97. The van der Waals surface area contributed by atoms with Crippen molar-refractivity contribution in [3.8, 4) is 11.3 Å². The summed E-state index contributed by atoms with van der Waals surface area (Å²) in [6, 6.07) is 11.3. The normalized spacial score (nSPS) is 16.2. The van der Waals surface area contributed by atoms with Crippen molar-refractivity contribution in [2.45, 2.75) is 51.6 Å². The van der Waals surface area contributed by atoms with Crippen LogP contribution in [0.15, 0.2) is 36.5 Å². The maximum atomic E-state index is 4.75. The molecule has 112 valence electrons. The molecule has 0 amide bonds. The van der Waals surface area contributed by atoms with Crippen molar-refractivity contribution in [3.05, 3.63) is 42.1 Å². The summed E-state index contributed by atoms with van der Waals surface area (Å²) in [5.74, 6) is 0. The summed E-state index contributed by atoms with van der Waals surface area (Å²) < 4.78 is 2.29. The van der Waals surface area contributed by atoms with Crippen molar-refractivity contribution >= 4 is 0 Å². The van der Waals surface area contributed by atoms with Crippen LogP contribution in [0.5, 0.6) is 0 Å². The Morgan fingerprint density at radius 3 is 2.62 bits per heavy atom. The van der Waals surface area contributed by atoms with Gasteiger partial charge in [0.2, 0.25) is 0 Å². The number of nitrogens with one attached hydrogen (secondary N) is 1. The molecule has 2 aromatic rings. The second-order valence-electron chi connectivity index (χ2n) is 5.90. The molecule has 1 aliphatic rings. The minimum absolute atomic E-state index is 0.573. The van der Waals surface area contributed by atoms with E-state index >= 15 is 0 Å². The Morgan fingerprint density at radius 1 is 1.14 bits per heavy atom. The van der Waals surface area contributed by atoms with E-state index in [1.807, 2.05) is 0 Å². The molecule has 0 saturated heterocycles. The standard InChI is InChI=1S/C18H25N3/c1-2-19-13-16-14-20-21(17-11-7-4-8-12-17)18(16)15-9-5-3-6-10-15/h3,5-6,9-10,14,17,19H,2,4,7-8,11-13H2,1H3. The Morgan fingerprint density at radius 2 is 1.90 bits per heavy atom. The molecule has 0 unspecified atom stereocenters. The summed E-state index contributed by atoms with van der Waals surface area (Å²) in [7, 11) is 0. The first-order valence-corrected chi connectivity index (χ1v) is 8.22. The molecule has 1 aromatic heterocycles. The van der Waals surface area contributed by atoms with E-state index in [9.17, 15) is 0 Å². The van der Waals surface area contributed by atoms with E-state index in [0.29, 0.717) is 6.04 Å². The molecule has 1 aromatic carbocycles. The van der Waals surface area contributed by atoms with Crippen molar-refractivity contribution in [3.63, 3.8) is 0 Å². The van der Waals surface area contributed by atoms with Crippen LogP contribution in [0.25, 0.3) is 11.3 Å². The molecule has 21 heavy (non-hydrogen) atoms. The van der Waals surface area contributed by atoms with Crippen molar-refractivity contribution in [2.24, 2.45) is 0 Å². The first kappa shape index (κ1) is 14.3. The molecule has 3 nitrogen and oxygen atoms in total. The average Bonchev–Trinajstić information content (AvgIpc) is 2.98. The van der Waals surface area contributed by atoms with Crippen LogP contribution in [0.3, 0.4) is 0 Å². The fraction of sp³-hybridized carbons (Fsp3) is 0.500. The van der Waals surface area contributed by atoms with Gasteiger partial charge in [0.25, 0.3) is 0 Å².